The first kappa shape index (κ1) is 14.2. The Morgan fingerprint density at radius 1 is 1.11 bits per heavy atom. The molecule has 0 spiro atoms. The standard InChI is InChI=1S/C13H19N3O2/c1-14(2)9-10-15(3)13(18)16(11-17)12-7-5-4-6-8-12/h4-8,11H,9-10H2,1-3H3. The molecule has 1 rings (SSSR count). The Morgan fingerprint density at radius 2 is 1.72 bits per heavy atom. The molecular weight excluding hydrogens is 230 g/mol. The highest BCUT2D eigenvalue weighted by Gasteiger charge is 2.18. The summed E-state index contributed by atoms with van der Waals surface area (Å²) in [4.78, 5) is 27.8. The highest BCUT2D eigenvalue weighted by atomic mass is 16.2. The minimum atomic E-state index is -0.321. The second-order valence-corrected chi connectivity index (χ2v) is 4.32. The molecule has 0 unspecified atom stereocenters. The van der Waals surface area contributed by atoms with Gasteiger partial charge < -0.3 is 9.80 Å². The van der Waals surface area contributed by atoms with Crippen molar-refractivity contribution in [1.82, 2.24) is 9.80 Å². The summed E-state index contributed by atoms with van der Waals surface area (Å²) in [6, 6.07) is 8.56. The van der Waals surface area contributed by atoms with E-state index in [0.29, 0.717) is 18.6 Å². The molecule has 18 heavy (non-hydrogen) atoms. The predicted octanol–water partition coefficient (Wildman–Crippen LogP) is 1.26. The van der Waals surface area contributed by atoms with E-state index in [4.69, 9.17) is 0 Å². The summed E-state index contributed by atoms with van der Waals surface area (Å²) in [5.74, 6) is 0. The predicted molar refractivity (Wildman–Crippen MR) is 71.6 cm³/mol. The van der Waals surface area contributed by atoms with Crippen LogP contribution in [0.2, 0.25) is 0 Å². The summed E-state index contributed by atoms with van der Waals surface area (Å²) < 4.78 is 0. The zero-order valence-electron chi connectivity index (χ0n) is 11.0. The number of para-hydroxylation sites is 1. The second kappa shape index (κ2) is 6.76. The molecule has 0 atom stereocenters. The second-order valence-electron chi connectivity index (χ2n) is 4.32. The van der Waals surface area contributed by atoms with Crippen LogP contribution in [0, 0.1) is 0 Å². The topological polar surface area (TPSA) is 43.9 Å². The lowest BCUT2D eigenvalue weighted by molar-refractivity contribution is -0.107. The van der Waals surface area contributed by atoms with Crippen LogP contribution in [0.5, 0.6) is 0 Å². The van der Waals surface area contributed by atoms with Crippen molar-refractivity contribution >= 4 is 18.1 Å². The molecule has 0 saturated heterocycles. The van der Waals surface area contributed by atoms with Gasteiger partial charge in [-0.1, -0.05) is 18.2 Å². The lowest BCUT2D eigenvalue weighted by Gasteiger charge is -2.24. The molecule has 0 bridgehead atoms. The molecule has 1 aromatic rings. The van der Waals surface area contributed by atoms with Crippen molar-refractivity contribution in [3.8, 4) is 0 Å². The molecule has 1 aromatic carbocycles. The van der Waals surface area contributed by atoms with Crippen LogP contribution in [0.3, 0.4) is 0 Å². The molecule has 98 valence electrons. The van der Waals surface area contributed by atoms with Crippen LogP contribution in [-0.4, -0.2) is 56.5 Å². The van der Waals surface area contributed by atoms with E-state index < -0.39 is 0 Å². The van der Waals surface area contributed by atoms with Crippen LogP contribution in [-0.2, 0) is 4.79 Å². The fourth-order valence-corrected chi connectivity index (χ4v) is 1.43. The quantitative estimate of drug-likeness (QED) is 0.738. The summed E-state index contributed by atoms with van der Waals surface area (Å²) in [6.07, 6.45) is 0.545. The fraction of sp³-hybridized carbons (Fsp3) is 0.385. The number of hydrogen-bond acceptors (Lipinski definition) is 3. The summed E-state index contributed by atoms with van der Waals surface area (Å²) >= 11 is 0. The molecule has 0 aliphatic carbocycles. The minimum absolute atomic E-state index is 0.321. The molecule has 0 heterocycles. The smallest absolute Gasteiger partial charge is 0.326 e. The number of urea groups is 1. The third kappa shape index (κ3) is 3.85. The van der Waals surface area contributed by atoms with Gasteiger partial charge in [0.15, 0.2) is 0 Å². The van der Waals surface area contributed by atoms with Gasteiger partial charge in [-0.2, -0.15) is 0 Å². The van der Waals surface area contributed by atoms with Gasteiger partial charge in [0.25, 0.3) is 0 Å². The molecule has 0 N–H and O–H groups in total. The molecule has 0 radical (unpaired) electrons. The van der Waals surface area contributed by atoms with Gasteiger partial charge in [0, 0.05) is 20.1 Å². The maximum absolute atomic E-state index is 12.1. The summed E-state index contributed by atoms with van der Waals surface area (Å²) in [6.45, 7) is 1.33. The van der Waals surface area contributed by atoms with Gasteiger partial charge in [0.2, 0.25) is 6.41 Å². The number of carbonyl (C=O) groups is 2. The van der Waals surface area contributed by atoms with E-state index in [1.165, 1.54) is 4.90 Å². The number of likely N-dealkylation sites (N-methyl/N-ethyl adjacent to an activating group) is 2. The molecule has 0 saturated carbocycles. The molecule has 0 fully saturated rings. The van der Waals surface area contributed by atoms with E-state index >= 15 is 0 Å². The molecule has 3 amide bonds. The zero-order chi connectivity index (χ0) is 13.5. The zero-order valence-corrected chi connectivity index (χ0v) is 11.0. The lowest BCUT2D eigenvalue weighted by Crippen LogP contribution is -2.43. The Morgan fingerprint density at radius 3 is 2.22 bits per heavy atom. The highest BCUT2D eigenvalue weighted by Crippen LogP contribution is 2.12. The Kier molecular flexibility index (Phi) is 5.32. The van der Waals surface area contributed by atoms with E-state index in [0.717, 1.165) is 11.4 Å². The first-order valence-electron chi connectivity index (χ1n) is 5.75. The maximum atomic E-state index is 12.1. The van der Waals surface area contributed by atoms with Crippen molar-refractivity contribution in [1.29, 1.82) is 0 Å². The van der Waals surface area contributed by atoms with Gasteiger partial charge >= 0.3 is 6.03 Å². The van der Waals surface area contributed by atoms with E-state index in [9.17, 15) is 9.59 Å². The monoisotopic (exact) mass is 249 g/mol. The third-order valence-electron chi connectivity index (χ3n) is 2.56. The number of imide groups is 1. The number of hydrogen-bond donors (Lipinski definition) is 0. The van der Waals surface area contributed by atoms with Gasteiger partial charge in [0.05, 0.1) is 5.69 Å². The molecule has 0 aromatic heterocycles. The van der Waals surface area contributed by atoms with Crippen LogP contribution in [0.25, 0.3) is 0 Å². The SMILES string of the molecule is CN(C)CCN(C)C(=O)N(C=O)c1ccccc1. The van der Waals surface area contributed by atoms with Crippen molar-refractivity contribution in [2.75, 3.05) is 39.1 Å². The number of carbonyl (C=O) groups excluding carboxylic acids is 2. The van der Waals surface area contributed by atoms with Crippen molar-refractivity contribution in [3.63, 3.8) is 0 Å². The van der Waals surface area contributed by atoms with Gasteiger partial charge in [-0.25, -0.2) is 9.69 Å². The largest absolute Gasteiger partial charge is 0.330 e. The Bertz CT molecular complexity index is 392. The minimum Gasteiger partial charge on any atom is -0.326 e. The van der Waals surface area contributed by atoms with E-state index in [2.05, 4.69) is 0 Å². The van der Waals surface area contributed by atoms with Crippen LogP contribution in [0.1, 0.15) is 0 Å². The first-order valence-corrected chi connectivity index (χ1v) is 5.75. The van der Waals surface area contributed by atoms with Crippen LogP contribution < -0.4 is 4.90 Å². The van der Waals surface area contributed by atoms with Crippen molar-refractivity contribution < 1.29 is 9.59 Å². The average Bonchev–Trinajstić information content (AvgIpc) is 2.38. The van der Waals surface area contributed by atoms with E-state index in [1.807, 2.05) is 25.1 Å². The summed E-state index contributed by atoms with van der Waals surface area (Å²) in [7, 11) is 5.56. The number of anilines is 1. The van der Waals surface area contributed by atoms with Crippen molar-refractivity contribution in [3.05, 3.63) is 30.3 Å². The maximum Gasteiger partial charge on any atom is 0.330 e. The van der Waals surface area contributed by atoms with Crippen LogP contribution >= 0.6 is 0 Å². The number of nitrogens with zero attached hydrogens (tertiary/aromatic N) is 3. The summed E-state index contributed by atoms with van der Waals surface area (Å²) in [5.41, 5.74) is 0.578. The van der Waals surface area contributed by atoms with E-state index in [1.54, 1.807) is 31.3 Å². The average molecular weight is 249 g/mol. The van der Waals surface area contributed by atoms with Gasteiger partial charge in [0.1, 0.15) is 0 Å². The number of amides is 3. The molecule has 5 nitrogen and oxygen atoms in total. The Balaban J connectivity index is 2.71. The van der Waals surface area contributed by atoms with Gasteiger partial charge in [-0.3, -0.25) is 4.79 Å². The number of benzene rings is 1. The van der Waals surface area contributed by atoms with Gasteiger partial charge in [-0.15, -0.1) is 0 Å². The molecule has 5 heteroatoms. The number of rotatable bonds is 5. The Hall–Kier alpha value is -1.88. The van der Waals surface area contributed by atoms with E-state index in [-0.39, 0.29) is 6.03 Å². The third-order valence-corrected chi connectivity index (χ3v) is 2.56. The highest BCUT2D eigenvalue weighted by molar-refractivity contribution is 6.05. The fourth-order valence-electron chi connectivity index (χ4n) is 1.43. The van der Waals surface area contributed by atoms with Crippen molar-refractivity contribution in [2.24, 2.45) is 0 Å². The lowest BCUT2D eigenvalue weighted by atomic mass is 10.3. The van der Waals surface area contributed by atoms with Crippen LogP contribution in [0.15, 0.2) is 30.3 Å². The normalized spacial score (nSPS) is 10.2. The summed E-state index contributed by atoms with van der Waals surface area (Å²) in [5, 5.41) is 0. The molecule has 0 aliphatic rings. The van der Waals surface area contributed by atoms with Crippen molar-refractivity contribution in [2.45, 2.75) is 0 Å². The molecule has 0 aliphatic heterocycles. The first-order chi connectivity index (χ1) is 8.56. The molecular formula is C13H19N3O2. The Labute approximate surface area is 108 Å². The van der Waals surface area contributed by atoms with Gasteiger partial charge in [-0.05, 0) is 26.2 Å². The van der Waals surface area contributed by atoms with Crippen LogP contribution in [0.4, 0.5) is 10.5 Å².